The zero-order chi connectivity index (χ0) is 23.0. The molecule has 2 aromatic carbocycles. The van der Waals surface area contributed by atoms with Gasteiger partial charge in [-0.2, -0.15) is 26.3 Å². The van der Waals surface area contributed by atoms with Crippen LogP contribution in [0.25, 0.3) is 0 Å². The number of rotatable bonds is 5. The Kier molecular flexibility index (Phi) is 6.09. The predicted molar refractivity (Wildman–Crippen MR) is 98.9 cm³/mol. The fourth-order valence-corrected chi connectivity index (χ4v) is 5.28. The molecule has 0 heterocycles. The van der Waals surface area contributed by atoms with Crippen LogP contribution in [0.15, 0.2) is 53.4 Å². The minimum atomic E-state index is -4.66. The van der Waals surface area contributed by atoms with Crippen LogP contribution in [0.5, 0.6) is 0 Å². The molecule has 1 aliphatic carbocycles. The maximum atomic E-state index is 12.8. The Balaban J connectivity index is 1.55. The molecule has 1 saturated carbocycles. The van der Waals surface area contributed by atoms with Crippen molar-refractivity contribution in [1.29, 1.82) is 0 Å². The van der Waals surface area contributed by atoms with Gasteiger partial charge in [0.05, 0.1) is 21.3 Å². The van der Waals surface area contributed by atoms with E-state index in [1.54, 1.807) is 0 Å². The number of halogens is 6. The van der Waals surface area contributed by atoms with E-state index in [1.165, 1.54) is 0 Å². The third-order valence-electron chi connectivity index (χ3n) is 5.15. The second-order valence-corrected chi connectivity index (χ2v) is 9.54. The summed E-state index contributed by atoms with van der Waals surface area (Å²) >= 11 is 0. The minimum absolute atomic E-state index is 0.0282. The molecule has 0 bridgehead atoms. The molecule has 0 spiro atoms. The molecule has 0 unspecified atom stereocenters. The van der Waals surface area contributed by atoms with Crippen molar-refractivity contribution in [3.05, 3.63) is 65.2 Å². The Bertz CT molecular complexity index is 1060. The first kappa shape index (κ1) is 23.1. The maximum Gasteiger partial charge on any atom is 0.416 e. The van der Waals surface area contributed by atoms with E-state index >= 15 is 0 Å². The quantitative estimate of drug-likeness (QED) is 0.651. The van der Waals surface area contributed by atoms with Crippen LogP contribution in [0.2, 0.25) is 0 Å². The highest BCUT2D eigenvalue weighted by Crippen LogP contribution is 2.38. The van der Waals surface area contributed by atoms with Gasteiger partial charge in [-0.05, 0) is 61.2 Å². The lowest BCUT2D eigenvalue weighted by Gasteiger charge is -2.35. The molecule has 1 aliphatic rings. The van der Waals surface area contributed by atoms with Crippen molar-refractivity contribution in [1.82, 2.24) is 5.32 Å². The summed E-state index contributed by atoms with van der Waals surface area (Å²) in [6.45, 7) is 0.106. The molecule has 168 valence electrons. The summed E-state index contributed by atoms with van der Waals surface area (Å²) in [4.78, 5) is 11.7. The van der Waals surface area contributed by atoms with E-state index in [1.807, 2.05) is 0 Å². The lowest BCUT2D eigenvalue weighted by molar-refractivity contribution is -0.138. The van der Waals surface area contributed by atoms with Crippen LogP contribution in [0, 0.1) is 5.92 Å². The van der Waals surface area contributed by atoms with Gasteiger partial charge in [0.15, 0.2) is 9.84 Å². The Morgan fingerprint density at radius 1 is 0.903 bits per heavy atom. The molecule has 0 atom stereocenters. The fraction of sp³-hybridized carbons (Fsp3) is 0.350. The summed E-state index contributed by atoms with van der Waals surface area (Å²) in [6, 6.07) is 7.21. The molecule has 0 aliphatic heterocycles. The highest BCUT2D eigenvalue weighted by Gasteiger charge is 2.40. The van der Waals surface area contributed by atoms with Crippen molar-refractivity contribution in [2.24, 2.45) is 5.92 Å². The van der Waals surface area contributed by atoms with E-state index in [4.69, 9.17) is 0 Å². The summed E-state index contributed by atoms with van der Waals surface area (Å²) in [7, 11) is -3.95. The summed E-state index contributed by atoms with van der Waals surface area (Å²) in [6.07, 6.45) is -8.85. The van der Waals surface area contributed by atoms with Gasteiger partial charge in [-0.1, -0.05) is 6.07 Å². The molecule has 4 nitrogen and oxygen atoms in total. The molecule has 2 aromatic rings. The first-order chi connectivity index (χ1) is 14.3. The lowest BCUT2D eigenvalue weighted by atomic mass is 9.84. The summed E-state index contributed by atoms with van der Waals surface area (Å²) in [5.41, 5.74) is -1.90. The van der Waals surface area contributed by atoms with Gasteiger partial charge in [-0.3, -0.25) is 4.79 Å². The number of amides is 1. The van der Waals surface area contributed by atoms with E-state index in [0.717, 1.165) is 42.5 Å². The molecule has 0 saturated heterocycles. The minimum Gasteiger partial charge on any atom is -0.352 e. The van der Waals surface area contributed by atoms with Crippen molar-refractivity contribution < 1.29 is 39.6 Å². The Labute approximate surface area is 174 Å². The van der Waals surface area contributed by atoms with Gasteiger partial charge in [0.1, 0.15) is 0 Å². The summed E-state index contributed by atoms with van der Waals surface area (Å²) in [5, 5.41) is 1.68. The highest BCUT2D eigenvalue weighted by atomic mass is 32.2. The fourth-order valence-electron chi connectivity index (χ4n) is 3.29. The van der Waals surface area contributed by atoms with E-state index in [2.05, 4.69) is 5.32 Å². The SMILES string of the molecule is O=C(NCC1CC(S(=O)(=O)c2cccc(C(F)(F)F)c2)C1)c1ccc(C(F)(F)F)cc1. The second-order valence-electron chi connectivity index (χ2n) is 7.32. The molecule has 0 aromatic heterocycles. The van der Waals surface area contributed by atoms with Crippen molar-refractivity contribution in [2.45, 2.75) is 35.3 Å². The van der Waals surface area contributed by atoms with Gasteiger partial charge in [-0.15, -0.1) is 0 Å². The van der Waals surface area contributed by atoms with Crippen LogP contribution in [0.1, 0.15) is 34.3 Å². The van der Waals surface area contributed by atoms with Crippen LogP contribution in [-0.4, -0.2) is 26.1 Å². The molecular formula is C20H17F6NO3S. The zero-order valence-electron chi connectivity index (χ0n) is 15.8. The first-order valence-corrected chi connectivity index (χ1v) is 10.7. The van der Waals surface area contributed by atoms with Crippen LogP contribution in [0.4, 0.5) is 26.3 Å². The third kappa shape index (κ3) is 5.20. The Morgan fingerprint density at radius 3 is 2.03 bits per heavy atom. The number of hydrogen-bond donors (Lipinski definition) is 1. The Morgan fingerprint density at radius 2 is 1.48 bits per heavy atom. The van der Waals surface area contributed by atoms with E-state index < -0.39 is 49.4 Å². The van der Waals surface area contributed by atoms with Gasteiger partial charge < -0.3 is 5.32 Å². The van der Waals surface area contributed by atoms with Crippen LogP contribution in [-0.2, 0) is 22.2 Å². The lowest BCUT2D eigenvalue weighted by Crippen LogP contribution is -2.42. The average molecular weight is 465 g/mol. The van der Waals surface area contributed by atoms with E-state index in [-0.39, 0.29) is 30.9 Å². The number of hydrogen-bond acceptors (Lipinski definition) is 3. The molecule has 1 amide bonds. The van der Waals surface area contributed by atoms with Gasteiger partial charge in [-0.25, -0.2) is 8.42 Å². The third-order valence-corrected chi connectivity index (χ3v) is 7.32. The molecule has 1 N–H and O–H groups in total. The average Bonchev–Trinajstić information content (AvgIpc) is 2.65. The molecular weight excluding hydrogens is 448 g/mol. The molecule has 1 fully saturated rings. The monoisotopic (exact) mass is 465 g/mol. The standard InChI is InChI=1S/C20H17F6NO3S/c21-19(22,23)14-6-4-13(5-7-14)18(28)27-11-12-8-17(9-12)31(29,30)16-3-1-2-15(10-16)20(24,25)26/h1-7,10,12,17H,8-9,11H2,(H,27,28). The smallest absolute Gasteiger partial charge is 0.352 e. The first-order valence-electron chi connectivity index (χ1n) is 9.15. The predicted octanol–water partition coefficient (Wildman–Crippen LogP) is 4.71. The number of alkyl halides is 6. The van der Waals surface area contributed by atoms with Crippen molar-refractivity contribution in [3.63, 3.8) is 0 Å². The number of benzene rings is 2. The topological polar surface area (TPSA) is 63.2 Å². The molecule has 11 heteroatoms. The maximum absolute atomic E-state index is 12.8. The van der Waals surface area contributed by atoms with Crippen molar-refractivity contribution in [3.8, 4) is 0 Å². The van der Waals surface area contributed by atoms with Crippen LogP contribution >= 0.6 is 0 Å². The van der Waals surface area contributed by atoms with Gasteiger partial charge in [0.25, 0.3) is 5.91 Å². The number of sulfone groups is 1. The van der Waals surface area contributed by atoms with Crippen molar-refractivity contribution >= 4 is 15.7 Å². The van der Waals surface area contributed by atoms with Gasteiger partial charge >= 0.3 is 12.4 Å². The van der Waals surface area contributed by atoms with Crippen molar-refractivity contribution in [2.75, 3.05) is 6.54 Å². The number of carbonyl (C=O) groups excluding carboxylic acids is 1. The molecule has 3 rings (SSSR count). The zero-order valence-corrected chi connectivity index (χ0v) is 16.6. The molecule has 0 radical (unpaired) electrons. The highest BCUT2D eigenvalue weighted by molar-refractivity contribution is 7.92. The second kappa shape index (κ2) is 8.18. The van der Waals surface area contributed by atoms with Crippen LogP contribution in [0.3, 0.4) is 0 Å². The summed E-state index contributed by atoms with van der Waals surface area (Å²) < 4.78 is 101. The number of carbonyl (C=O) groups is 1. The normalized spacial score (nSPS) is 19.5. The largest absolute Gasteiger partial charge is 0.416 e. The Hall–Kier alpha value is -2.56. The van der Waals surface area contributed by atoms with E-state index in [0.29, 0.717) is 6.07 Å². The number of nitrogens with one attached hydrogen (secondary N) is 1. The van der Waals surface area contributed by atoms with Gasteiger partial charge in [0.2, 0.25) is 0 Å². The van der Waals surface area contributed by atoms with E-state index in [9.17, 15) is 39.6 Å². The molecule has 31 heavy (non-hydrogen) atoms. The van der Waals surface area contributed by atoms with Crippen LogP contribution < -0.4 is 5.32 Å². The summed E-state index contributed by atoms with van der Waals surface area (Å²) in [5.74, 6) is -0.804. The van der Waals surface area contributed by atoms with Gasteiger partial charge in [0, 0.05) is 12.1 Å².